The molecule has 1 fully saturated rings. The van der Waals surface area contributed by atoms with Crippen LogP contribution in [0.4, 0.5) is 4.79 Å². The molecule has 0 bridgehead atoms. The Morgan fingerprint density at radius 3 is 2.63 bits per heavy atom. The Kier molecular flexibility index (Phi) is 3.00. The van der Waals surface area contributed by atoms with E-state index in [4.69, 9.17) is 0 Å². The van der Waals surface area contributed by atoms with E-state index >= 15 is 0 Å². The van der Waals surface area contributed by atoms with Crippen LogP contribution < -0.4 is 10.6 Å². The summed E-state index contributed by atoms with van der Waals surface area (Å²) in [7, 11) is 0. The van der Waals surface area contributed by atoms with Gasteiger partial charge in [-0.3, -0.25) is 0 Å². The number of amides is 2. The Morgan fingerprint density at radius 2 is 1.89 bits per heavy atom. The van der Waals surface area contributed by atoms with Gasteiger partial charge in [0.25, 0.3) is 0 Å². The second-order valence-corrected chi connectivity index (χ2v) is 6.45. The van der Waals surface area contributed by atoms with Crippen molar-refractivity contribution in [2.45, 2.75) is 57.0 Å². The molecule has 2 N–H and O–H groups in total. The predicted octanol–water partition coefficient (Wildman–Crippen LogP) is 3.26. The molecular weight excluding hydrogens is 236 g/mol. The maximum Gasteiger partial charge on any atom is 0.315 e. The van der Waals surface area contributed by atoms with Crippen LogP contribution in [0.2, 0.25) is 0 Å². The quantitative estimate of drug-likeness (QED) is 0.840. The van der Waals surface area contributed by atoms with Crippen molar-refractivity contribution >= 4 is 6.03 Å². The van der Waals surface area contributed by atoms with Gasteiger partial charge in [0.15, 0.2) is 0 Å². The van der Waals surface area contributed by atoms with Crippen LogP contribution in [0.5, 0.6) is 0 Å². The molecule has 1 aromatic rings. The monoisotopic (exact) mass is 258 g/mol. The van der Waals surface area contributed by atoms with E-state index in [1.54, 1.807) is 0 Å². The molecule has 1 unspecified atom stereocenters. The molecule has 2 aliphatic rings. The number of carbonyl (C=O) groups is 1. The zero-order chi connectivity index (χ0) is 13.5. The third-order valence-electron chi connectivity index (χ3n) is 4.34. The van der Waals surface area contributed by atoms with E-state index in [1.807, 2.05) is 0 Å². The molecule has 2 amide bonds. The van der Waals surface area contributed by atoms with Gasteiger partial charge in [-0.2, -0.15) is 0 Å². The van der Waals surface area contributed by atoms with Crippen molar-refractivity contribution in [2.75, 3.05) is 0 Å². The molecule has 0 saturated heterocycles. The van der Waals surface area contributed by atoms with Gasteiger partial charge in [-0.15, -0.1) is 0 Å². The Bertz CT molecular complexity index is 491. The molecular formula is C16H22N2O. The molecule has 1 saturated carbocycles. The number of nitrogens with one attached hydrogen (secondary N) is 2. The summed E-state index contributed by atoms with van der Waals surface area (Å²) in [5.74, 6) is 0. The van der Waals surface area contributed by atoms with E-state index in [0.29, 0.717) is 6.04 Å². The summed E-state index contributed by atoms with van der Waals surface area (Å²) in [4.78, 5) is 11.9. The number of rotatable bonds is 2. The van der Waals surface area contributed by atoms with Crippen LogP contribution in [-0.4, -0.2) is 12.1 Å². The summed E-state index contributed by atoms with van der Waals surface area (Å²) >= 11 is 0. The number of urea groups is 1. The van der Waals surface area contributed by atoms with Crippen molar-refractivity contribution in [1.29, 1.82) is 0 Å². The lowest BCUT2D eigenvalue weighted by Crippen LogP contribution is -2.41. The fraction of sp³-hybridized carbons (Fsp3) is 0.562. The highest BCUT2D eigenvalue weighted by atomic mass is 16.2. The molecule has 19 heavy (non-hydrogen) atoms. The van der Waals surface area contributed by atoms with Crippen LogP contribution in [0.3, 0.4) is 0 Å². The van der Waals surface area contributed by atoms with Gasteiger partial charge in [0.05, 0.1) is 6.04 Å². The van der Waals surface area contributed by atoms with Gasteiger partial charge in [0.1, 0.15) is 0 Å². The lowest BCUT2D eigenvalue weighted by Gasteiger charge is -2.37. The van der Waals surface area contributed by atoms with E-state index < -0.39 is 0 Å². The molecule has 1 atom stereocenters. The Morgan fingerprint density at radius 1 is 1.16 bits per heavy atom. The lowest BCUT2D eigenvalue weighted by atomic mass is 9.71. The summed E-state index contributed by atoms with van der Waals surface area (Å²) in [6.45, 7) is 4.57. The van der Waals surface area contributed by atoms with E-state index in [-0.39, 0.29) is 17.5 Å². The summed E-state index contributed by atoms with van der Waals surface area (Å²) in [5.41, 5.74) is 2.87. The number of carbonyl (C=O) groups excluding carboxylic acids is 1. The summed E-state index contributed by atoms with van der Waals surface area (Å²) in [6, 6.07) is 9.06. The minimum atomic E-state index is -0.0120. The highest BCUT2D eigenvalue weighted by molar-refractivity contribution is 5.75. The molecule has 2 aliphatic carbocycles. The molecule has 102 valence electrons. The summed E-state index contributed by atoms with van der Waals surface area (Å²) < 4.78 is 0. The first-order valence-corrected chi connectivity index (χ1v) is 7.23. The maximum absolute atomic E-state index is 11.9. The van der Waals surface area contributed by atoms with Crippen LogP contribution in [0.15, 0.2) is 24.3 Å². The van der Waals surface area contributed by atoms with Crippen molar-refractivity contribution in [3.05, 3.63) is 35.4 Å². The van der Waals surface area contributed by atoms with Crippen LogP contribution in [0.1, 0.15) is 56.7 Å². The average Bonchev–Trinajstić information content (AvgIpc) is 3.17. The minimum Gasteiger partial charge on any atom is -0.335 e. The number of hydrogen-bond donors (Lipinski definition) is 2. The average molecular weight is 258 g/mol. The Balaban J connectivity index is 1.77. The second-order valence-electron chi connectivity index (χ2n) is 6.45. The maximum atomic E-state index is 11.9. The van der Waals surface area contributed by atoms with Gasteiger partial charge < -0.3 is 10.6 Å². The first kappa shape index (κ1) is 12.5. The lowest BCUT2D eigenvalue weighted by molar-refractivity contribution is 0.233. The smallest absolute Gasteiger partial charge is 0.315 e. The number of hydrogen-bond acceptors (Lipinski definition) is 1. The highest BCUT2D eigenvalue weighted by Gasteiger charge is 2.33. The minimum absolute atomic E-state index is 0.0120. The molecule has 3 nitrogen and oxygen atoms in total. The first-order chi connectivity index (χ1) is 9.06. The van der Waals surface area contributed by atoms with Crippen LogP contribution >= 0.6 is 0 Å². The summed E-state index contributed by atoms with van der Waals surface area (Å²) in [6.07, 6.45) is 4.38. The van der Waals surface area contributed by atoms with E-state index in [9.17, 15) is 4.79 Å². The van der Waals surface area contributed by atoms with Gasteiger partial charge in [-0.05, 0) is 42.2 Å². The molecule has 0 spiro atoms. The Labute approximate surface area is 114 Å². The van der Waals surface area contributed by atoms with Crippen molar-refractivity contribution in [2.24, 2.45) is 0 Å². The zero-order valence-electron chi connectivity index (χ0n) is 11.7. The van der Waals surface area contributed by atoms with Crippen LogP contribution in [0.25, 0.3) is 0 Å². The largest absolute Gasteiger partial charge is 0.335 e. The fourth-order valence-corrected chi connectivity index (χ4v) is 2.98. The van der Waals surface area contributed by atoms with Crippen LogP contribution in [0, 0.1) is 0 Å². The van der Waals surface area contributed by atoms with Gasteiger partial charge in [0, 0.05) is 6.04 Å². The first-order valence-electron chi connectivity index (χ1n) is 7.23. The summed E-state index contributed by atoms with van der Waals surface area (Å²) in [5, 5.41) is 6.14. The SMILES string of the molecule is CC1(C)CCC(NC(=O)NC2CC2)c2ccccc21. The van der Waals surface area contributed by atoms with E-state index in [1.165, 1.54) is 11.1 Å². The third-order valence-corrected chi connectivity index (χ3v) is 4.34. The second kappa shape index (κ2) is 4.55. The standard InChI is InChI=1S/C16H22N2O/c1-16(2)10-9-14(12-5-3-4-6-13(12)16)18-15(19)17-11-7-8-11/h3-6,11,14H,7-10H2,1-2H3,(H2,17,18,19). The molecule has 1 aromatic carbocycles. The van der Waals surface area contributed by atoms with Crippen LogP contribution in [-0.2, 0) is 5.41 Å². The molecule has 0 heterocycles. The molecule has 0 aromatic heterocycles. The number of fused-ring (bicyclic) bond motifs is 1. The molecule has 0 radical (unpaired) electrons. The van der Waals surface area contributed by atoms with Crippen molar-refractivity contribution in [3.8, 4) is 0 Å². The zero-order valence-corrected chi connectivity index (χ0v) is 11.7. The van der Waals surface area contributed by atoms with Gasteiger partial charge >= 0.3 is 6.03 Å². The molecule has 3 heteroatoms. The van der Waals surface area contributed by atoms with E-state index in [0.717, 1.165) is 25.7 Å². The topological polar surface area (TPSA) is 41.1 Å². The molecule has 3 rings (SSSR count). The van der Waals surface area contributed by atoms with E-state index in [2.05, 4.69) is 48.7 Å². The highest BCUT2D eigenvalue weighted by Crippen LogP contribution is 2.41. The third kappa shape index (κ3) is 2.60. The molecule has 0 aliphatic heterocycles. The van der Waals surface area contributed by atoms with Crippen molar-refractivity contribution < 1.29 is 4.79 Å². The number of benzene rings is 1. The van der Waals surface area contributed by atoms with Gasteiger partial charge in [-0.1, -0.05) is 38.1 Å². The Hall–Kier alpha value is -1.51. The predicted molar refractivity (Wildman–Crippen MR) is 76.1 cm³/mol. The van der Waals surface area contributed by atoms with Crippen molar-refractivity contribution in [1.82, 2.24) is 10.6 Å². The normalized spacial score (nSPS) is 24.4. The fourth-order valence-electron chi connectivity index (χ4n) is 2.98. The van der Waals surface area contributed by atoms with Crippen molar-refractivity contribution in [3.63, 3.8) is 0 Å². The van der Waals surface area contributed by atoms with Gasteiger partial charge in [-0.25, -0.2) is 4.79 Å². The van der Waals surface area contributed by atoms with Gasteiger partial charge in [0.2, 0.25) is 0 Å².